The second kappa shape index (κ2) is 5.91. The zero-order valence-electron chi connectivity index (χ0n) is 10.4. The van der Waals surface area contributed by atoms with Crippen LogP contribution in [0.25, 0.3) is 0 Å². The highest BCUT2D eigenvalue weighted by Crippen LogP contribution is 2.41. The molecule has 0 heterocycles. The topological polar surface area (TPSA) is 122 Å². The van der Waals surface area contributed by atoms with Gasteiger partial charge in [0.2, 0.25) is 0 Å². The molecule has 2 N–H and O–H groups in total. The van der Waals surface area contributed by atoms with E-state index in [4.69, 9.17) is 5.41 Å². The molecule has 23 heavy (non-hydrogen) atoms. The number of hydrogen-bond acceptors (Lipinski definition) is 5. The minimum Gasteiger partial charge on any atom is -0.327 e. The standard InChI is InChI=1S/C9H4ClF5N4O4/c10-8(11,12)7(16)17-6-4(18(20)21)1-3(9(13,14)15)2-5(6)19(22)23/h1-2H,(H2,16,17). The van der Waals surface area contributed by atoms with Crippen molar-refractivity contribution in [3.8, 4) is 0 Å². The molecule has 0 aliphatic carbocycles. The Morgan fingerprint density at radius 2 is 1.48 bits per heavy atom. The number of halogens is 6. The largest absolute Gasteiger partial charge is 0.416 e. The minimum absolute atomic E-state index is 0.0883. The Balaban J connectivity index is 3.63. The number of amidine groups is 1. The van der Waals surface area contributed by atoms with Gasteiger partial charge in [0.25, 0.3) is 11.4 Å². The average Bonchev–Trinajstić information content (AvgIpc) is 2.35. The summed E-state index contributed by atoms with van der Waals surface area (Å²) in [7, 11) is 0. The summed E-state index contributed by atoms with van der Waals surface area (Å²) < 4.78 is 63.2. The summed E-state index contributed by atoms with van der Waals surface area (Å²) in [5, 5.41) is 25.4. The number of benzene rings is 1. The van der Waals surface area contributed by atoms with Gasteiger partial charge in [0, 0.05) is 12.1 Å². The van der Waals surface area contributed by atoms with E-state index in [0.717, 1.165) is 0 Å². The fourth-order valence-electron chi connectivity index (χ4n) is 1.39. The van der Waals surface area contributed by atoms with Crippen LogP contribution in [-0.2, 0) is 6.18 Å². The van der Waals surface area contributed by atoms with E-state index in [2.05, 4.69) is 11.6 Å². The van der Waals surface area contributed by atoms with Gasteiger partial charge >= 0.3 is 11.6 Å². The number of nitrogens with one attached hydrogen (secondary N) is 2. The molecule has 0 spiro atoms. The summed E-state index contributed by atoms with van der Waals surface area (Å²) in [6, 6.07) is -0.177. The molecule has 0 unspecified atom stereocenters. The first-order chi connectivity index (χ1) is 10.2. The van der Waals surface area contributed by atoms with E-state index in [1.807, 2.05) is 0 Å². The molecule has 0 atom stereocenters. The second-order valence-electron chi connectivity index (χ2n) is 3.90. The minimum atomic E-state index is -5.15. The first-order valence-electron chi connectivity index (χ1n) is 5.22. The summed E-state index contributed by atoms with van der Waals surface area (Å²) >= 11 is 4.46. The van der Waals surface area contributed by atoms with Crippen molar-refractivity contribution in [2.75, 3.05) is 5.32 Å². The highest BCUT2D eigenvalue weighted by atomic mass is 35.5. The molecular weight excluding hydrogens is 359 g/mol. The van der Waals surface area contributed by atoms with Crippen molar-refractivity contribution in [3.05, 3.63) is 37.9 Å². The average molecular weight is 363 g/mol. The number of anilines is 1. The van der Waals surface area contributed by atoms with Gasteiger partial charge in [-0.25, -0.2) is 0 Å². The Morgan fingerprint density at radius 3 is 1.74 bits per heavy atom. The lowest BCUT2D eigenvalue weighted by Gasteiger charge is -2.14. The van der Waals surface area contributed by atoms with Crippen LogP contribution in [0.1, 0.15) is 5.56 Å². The van der Waals surface area contributed by atoms with Crippen molar-refractivity contribution in [2.45, 2.75) is 11.6 Å². The molecule has 0 fully saturated rings. The number of alkyl halides is 6. The Bertz CT molecular complexity index is 652. The van der Waals surface area contributed by atoms with Gasteiger partial charge in [-0.3, -0.25) is 25.6 Å². The van der Waals surface area contributed by atoms with Crippen molar-refractivity contribution in [1.82, 2.24) is 0 Å². The molecule has 0 bridgehead atoms. The van der Waals surface area contributed by atoms with Crippen LogP contribution in [-0.4, -0.2) is 21.1 Å². The normalized spacial score (nSPS) is 11.9. The maximum Gasteiger partial charge on any atom is 0.416 e. The van der Waals surface area contributed by atoms with Crippen LogP contribution in [0, 0.1) is 25.6 Å². The van der Waals surface area contributed by atoms with E-state index < -0.39 is 49.9 Å². The monoisotopic (exact) mass is 362 g/mol. The van der Waals surface area contributed by atoms with E-state index in [0.29, 0.717) is 0 Å². The fourth-order valence-corrected chi connectivity index (χ4v) is 1.43. The van der Waals surface area contributed by atoms with Crippen LogP contribution in [0.15, 0.2) is 12.1 Å². The van der Waals surface area contributed by atoms with Gasteiger partial charge in [0.05, 0.1) is 15.4 Å². The van der Waals surface area contributed by atoms with Crippen molar-refractivity contribution in [1.29, 1.82) is 5.41 Å². The second-order valence-corrected chi connectivity index (χ2v) is 4.37. The van der Waals surface area contributed by atoms with Crippen LogP contribution in [0.4, 0.5) is 39.0 Å². The van der Waals surface area contributed by atoms with Gasteiger partial charge in [-0.1, -0.05) is 0 Å². The van der Waals surface area contributed by atoms with Crippen molar-refractivity contribution >= 4 is 34.5 Å². The van der Waals surface area contributed by atoms with Crippen molar-refractivity contribution < 1.29 is 31.8 Å². The van der Waals surface area contributed by atoms with Gasteiger partial charge < -0.3 is 5.32 Å². The predicted molar refractivity (Wildman–Crippen MR) is 66.9 cm³/mol. The molecule has 8 nitrogen and oxygen atoms in total. The van der Waals surface area contributed by atoms with Crippen LogP contribution in [0.3, 0.4) is 0 Å². The molecule has 0 amide bonds. The third kappa shape index (κ3) is 4.21. The van der Waals surface area contributed by atoms with E-state index in [1.165, 1.54) is 5.32 Å². The fraction of sp³-hybridized carbons (Fsp3) is 0.222. The molecule has 1 aromatic rings. The SMILES string of the molecule is N=C(Nc1c([N+](=O)[O-])cc(C(F)(F)F)cc1[N+](=O)[O-])C(F)(F)Cl. The third-order valence-corrected chi connectivity index (χ3v) is 2.54. The number of hydrogen-bond donors (Lipinski definition) is 2. The van der Waals surface area contributed by atoms with E-state index in [9.17, 15) is 42.2 Å². The Labute approximate surface area is 127 Å². The highest BCUT2D eigenvalue weighted by molar-refractivity contribution is 6.34. The van der Waals surface area contributed by atoms with Gasteiger partial charge in [-0.15, -0.1) is 0 Å². The Morgan fingerprint density at radius 1 is 1.09 bits per heavy atom. The van der Waals surface area contributed by atoms with Gasteiger partial charge in [-0.05, 0) is 11.6 Å². The maximum atomic E-state index is 12.7. The molecular formula is C9H4ClF5N4O4. The molecule has 14 heteroatoms. The Kier molecular flexibility index (Phi) is 4.74. The molecule has 0 saturated carbocycles. The Hall–Kier alpha value is -2.57. The number of nitrogens with zero attached hydrogens (tertiary/aromatic N) is 2. The molecule has 0 radical (unpaired) electrons. The van der Waals surface area contributed by atoms with E-state index >= 15 is 0 Å². The maximum absolute atomic E-state index is 12.7. The summed E-state index contributed by atoms with van der Waals surface area (Å²) in [6.45, 7) is 0. The number of nitro groups is 2. The van der Waals surface area contributed by atoms with Crippen molar-refractivity contribution in [3.63, 3.8) is 0 Å². The van der Waals surface area contributed by atoms with Gasteiger partial charge in [-0.2, -0.15) is 22.0 Å². The van der Waals surface area contributed by atoms with Crippen LogP contribution in [0.5, 0.6) is 0 Å². The lowest BCUT2D eigenvalue weighted by molar-refractivity contribution is -0.392. The molecule has 0 saturated heterocycles. The lowest BCUT2D eigenvalue weighted by atomic mass is 10.1. The quantitative estimate of drug-likeness (QED) is 0.211. The van der Waals surface area contributed by atoms with Crippen LogP contribution >= 0.6 is 11.6 Å². The molecule has 0 aliphatic rings. The number of rotatable bonds is 4. The molecule has 126 valence electrons. The summed E-state index contributed by atoms with van der Waals surface area (Å²) in [6.07, 6.45) is -5.15. The van der Waals surface area contributed by atoms with E-state index in [1.54, 1.807) is 0 Å². The zero-order valence-corrected chi connectivity index (χ0v) is 11.2. The molecule has 1 rings (SSSR count). The molecule has 0 aromatic heterocycles. The first-order valence-corrected chi connectivity index (χ1v) is 5.59. The van der Waals surface area contributed by atoms with Gasteiger partial charge in [0.15, 0.2) is 11.5 Å². The zero-order chi connectivity index (χ0) is 18.2. The highest BCUT2D eigenvalue weighted by Gasteiger charge is 2.40. The van der Waals surface area contributed by atoms with E-state index in [-0.39, 0.29) is 12.1 Å². The predicted octanol–water partition coefficient (Wildman–Crippen LogP) is 3.74. The van der Waals surface area contributed by atoms with Crippen molar-refractivity contribution in [2.24, 2.45) is 0 Å². The van der Waals surface area contributed by atoms with Crippen LogP contribution < -0.4 is 5.32 Å². The smallest absolute Gasteiger partial charge is 0.327 e. The molecule has 1 aromatic carbocycles. The third-order valence-electron chi connectivity index (χ3n) is 2.35. The lowest BCUT2D eigenvalue weighted by Crippen LogP contribution is -2.29. The first kappa shape index (κ1) is 18.5. The summed E-state index contributed by atoms with van der Waals surface area (Å²) in [5.74, 6) is -1.88. The summed E-state index contributed by atoms with van der Waals surface area (Å²) in [5.41, 5.74) is -6.08. The van der Waals surface area contributed by atoms with Crippen LogP contribution in [0.2, 0.25) is 0 Å². The number of nitro benzene ring substituents is 2. The molecule has 0 aliphatic heterocycles. The van der Waals surface area contributed by atoms with Gasteiger partial charge in [0.1, 0.15) is 0 Å². The summed E-state index contributed by atoms with van der Waals surface area (Å²) in [4.78, 5) is 18.7.